The summed E-state index contributed by atoms with van der Waals surface area (Å²) in [5, 5.41) is 5.71. The van der Waals surface area contributed by atoms with Crippen LogP contribution in [0.4, 0.5) is 4.79 Å². The van der Waals surface area contributed by atoms with Crippen molar-refractivity contribution in [1.29, 1.82) is 0 Å². The summed E-state index contributed by atoms with van der Waals surface area (Å²) in [5.74, 6) is 1.60. The van der Waals surface area contributed by atoms with Gasteiger partial charge in [-0.25, -0.2) is 4.79 Å². The Hall–Kier alpha value is -2.69. The van der Waals surface area contributed by atoms with E-state index >= 15 is 0 Å². The van der Waals surface area contributed by atoms with Gasteiger partial charge in [-0.05, 0) is 36.1 Å². The third kappa shape index (κ3) is 4.39. The molecule has 2 aromatic carbocycles. The number of carbonyl (C=O) groups is 1. The minimum atomic E-state index is -0.139. The number of carbonyl (C=O) groups excluding carboxylic acids is 1. The summed E-state index contributed by atoms with van der Waals surface area (Å²) < 4.78 is 10.6. The van der Waals surface area contributed by atoms with E-state index in [4.69, 9.17) is 9.47 Å². The fourth-order valence-corrected chi connectivity index (χ4v) is 2.43. The maximum absolute atomic E-state index is 11.7. The second-order valence-corrected chi connectivity index (χ2v) is 5.39. The molecule has 0 radical (unpaired) electrons. The number of urea groups is 1. The lowest BCUT2D eigenvalue weighted by Crippen LogP contribution is -2.35. The van der Waals surface area contributed by atoms with Crippen LogP contribution in [0.2, 0.25) is 0 Å². The van der Waals surface area contributed by atoms with E-state index < -0.39 is 0 Å². The lowest BCUT2D eigenvalue weighted by atomic mass is 10.1. The molecule has 0 aromatic heterocycles. The van der Waals surface area contributed by atoms with Crippen LogP contribution in [0.3, 0.4) is 0 Å². The lowest BCUT2D eigenvalue weighted by molar-refractivity contribution is 0.174. The second-order valence-electron chi connectivity index (χ2n) is 5.39. The van der Waals surface area contributed by atoms with Gasteiger partial charge < -0.3 is 20.1 Å². The van der Waals surface area contributed by atoms with Gasteiger partial charge in [0.2, 0.25) is 6.79 Å². The fourth-order valence-electron chi connectivity index (χ4n) is 2.43. The smallest absolute Gasteiger partial charge is 0.315 e. The molecule has 3 rings (SSSR count). The Bertz CT molecular complexity index is 659. The number of aryl methyl sites for hydroxylation is 1. The van der Waals surface area contributed by atoms with Crippen LogP contribution in [-0.4, -0.2) is 19.4 Å². The third-order valence-electron chi connectivity index (χ3n) is 3.66. The summed E-state index contributed by atoms with van der Waals surface area (Å²) in [5.41, 5.74) is 2.27. The highest BCUT2D eigenvalue weighted by atomic mass is 16.7. The predicted octanol–water partition coefficient (Wildman–Crippen LogP) is 2.85. The molecule has 1 heterocycles. The zero-order valence-electron chi connectivity index (χ0n) is 12.9. The van der Waals surface area contributed by atoms with Crippen molar-refractivity contribution in [3.63, 3.8) is 0 Å². The van der Waals surface area contributed by atoms with Gasteiger partial charge >= 0.3 is 6.03 Å². The molecule has 23 heavy (non-hydrogen) atoms. The van der Waals surface area contributed by atoms with E-state index in [1.54, 1.807) is 0 Å². The number of benzene rings is 2. The van der Waals surface area contributed by atoms with Gasteiger partial charge in [-0.3, -0.25) is 0 Å². The summed E-state index contributed by atoms with van der Waals surface area (Å²) in [4.78, 5) is 11.7. The number of amides is 2. The molecule has 2 amide bonds. The summed E-state index contributed by atoms with van der Waals surface area (Å²) >= 11 is 0. The van der Waals surface area contributed by atoms with Crippen molar-refractivity contribution in [2.24, 2.45) is 0 Å². The van der Waals surface area contributed by atoms with Crippen LogP contribution in [0.15, 0.2) is 48.5 Å². The molecule has 0 bridgehead atoms. The number of hydrogen-bond donors (Lipinski definition) is 2. The Kier molecular flexibility index (Phi) is 4.99. The number of rotatable bonds is 6. The van der Waals surface area contributed by atoms with Gasteiger partial charge in [-0.15, -0.1) is 0 Å². The highest BCUT2D eigenvalue weighted by Crippen LogP contribution is 2.32. The van der Waals surface area contributed by atoms with Gasteiger partial charge in [-0.1, -0.05) is 36.4 Å². The molecule has 2 N–H and O–H groups in total. The first-order valence-electron chi connectivity index (χ1n) is 7.75. The molecular formula is C18H20N2O3. The first-order chi connectivity index (χ1) is 11.3. The van der Waals surface area contributed by atoms with E-state index in [9.17, 15) is 4.79 Å². The van der Waals surface area contributed by atoms with Gasteiger partial charge in [0, 0.05) is 13.1 Å². The minimum absolute atomic E-state index is 0.139. The third-order valence-corrected chi connectivity index (χ3v) is 3.66. The van der Waals surface area contributed by atoms with Crippen molar-refractivity contribution < 1.29 is 14.3 Å². The van der Waals surface area contributed by atoms with E-state index in [0.29, 0.717) is 19.9 Å². The predicted molar refractivity (Wildman–Crippen MR) is 87.6 cm³/mol. The SMILES string of the molecule is O=C(NCCCc1ccc2c(c1)OCO2)NCc1ccccc1. The minimum Gasteiger partial charge on any atom is -0.454 e. The summed E-state index contributed by atoms with van der Waals surface area (Å²) in [6, 6.07) is 15.7. The molecule has 0 saturated carbocycles. The summed E-state index contributed by atoms with van der Waals surface area (Å²) in [7, 11) is 0. The van der Waals surface area contributed by atoms with Gasteiger partial charge in [0.25, 0.3) is 0 Å². The van der Waals surface area contributed by atoms with Crippen molar-refractivity contribution in [3.8, 4) is 11.5 Å². The molecule has 0 spiro atoms. The van der Waals surface area contributed by atoms with E-state index in [-0.39, 0.29) is 6.03 Å². The van der Waals surface area contributed by atoms with E-state index in [0.717, 1.165) is 29.9 Å². The number of hydrogen-bond acceptors (Lipinski definition) is 3. The van der Waals surface area contributed by atoms with Crippen LogP contribution < -0.4 is 20.1 Å². The van der Waals surface area contributed by atoms with Crippen LogP contribution >= 0.6 is 0 Å². The molecule has 5 heteroatoms. The molecule has 5 nitrogen and oxygen atoms in total. The number of fused-ring (bicyclic) bond motifs is 1. The van der Waals surface area contributed by atoms with Crippen LogP contribution in [0.5, 0.6) is 11.5 Å². The van der Waals surface area contributed by atoms with Crippen LogP contribution in [0.1, 0.15) is 17.5 Å². The molecule has 120 valence electrons. The van der Waals surface area contributed by atoms with Crippen molar-refractivity contribution in [2.75, 3.05) is 13.3 Å². The maximum Gasteiger partial charge on any atom is 0.315 e. The number of nitrogens with one attached hydrogen (secondary N) is 2. The zero-order valence-corrected chi connectivity index (χ0v) is 12.9. The molecule has 2 aromatic rings. The first-order valence-corrected chi connectivity index (χ1v) is 7.75. The molecule has 1 aliphatic rings. The van der Waals surface area contributed by atoms with Crippen molar-refractivity contribution >= 4 is 6.03 Å². The van der Waals surface area contributed by atoms with Crippen LogP contribution in [0.25, 0.3) is 0 Å². The average molecular weight is 312 g/mol. The van der Waals surface area contributed by atoms with Gasteiger partial charge in [0.1, 0.15) is 0 Å². The maximum atomic E-state index is 11.7. The highest BCUT2D eigenvalue weighted by molar-refractivity contribution is 5.73. The van der Waals surface area contributed by atoms with Gasteiger partial charge in [0.15, 0.2) is 11.5 Å². The Morgan fingerprint density at radius 3 is 2.65 bits per heavy atom. The molecule has 0 atom stereocenters. The monoisotopic (exact) mass is 312 g/mol. The topological polar surface area (TPSA) is 59.6 Å². The molecule has 1 aliphatic heterocycles. The van der Waals surface area contributed by atoms with Crippen molar-refractivity contribution in [3.05, 3.63) is 59.7 Å². The zero-order chi connectivity index (χ0) is 15.9. The van der Waals surface area contributed by atoms with Gasteiger partial charge in [-0.2, -0.15) is 0 Å². The summed E-state index contributed by atoms with van der Waals surface area (Å²) in [6.07, 6.45) is 1.76. The molecule has 0 fully saturated rings. The summed E-state index contributed by atoms with van der Waals surface area (Å²) in [6.45, 7) is 1.46. The normalized spacial score (nSPS) is 12.0. The van der Waals surface area contributed by atoms with Crippen molar-refractivity contribution in [1.82, 2.24) is 10.6 Å². The Morgan fingerprint density at radius 1 is 0.957 bits per heavy atom. The second kappa shape index (κ2) is 7.54. The van der Waals surface area contributed by atoms with E-state index in [1.807, 2.05) is 48.5 Å². The Balaban J connectivity index is 1.34. The van der Waals surface area contributed by atoms with Crippen molar-refractivity contribution in [2.45, 2.75) is 19.4 Å². The van der Waals surface area contributed by atoms with E-state index in [1.165, 1.54) is 5.56 Å². The van der Waals surface area contributed by atoms with E-state index in [2.05, 4.69) is 10.6 Å². The molecular weight excluding hydrogens is 292 g/mol. The number of ether oxygens (including phenoxy) is 2. The largest absolute Gasteiger partial charge is 0.454 e. The van der Waals surface area contributed by atoms with Crippen LogP contribution in [-0.2, 0) is 13.0 Å². The Morgan fingerprint density at radius 2 is 1.78 bits per heavy atom. The average Bonchev–Trinajstić information content (AvgIpc) is 3.05. The van der Waals surface area contributed by atoms with Gasteiger partial charge in [0.05, 0.1) is 0 Å². The molecule has 0 saturated heterocycles. The Labute approximate surface area is 135 Å². The fraction of sp³-hybridized carbons (Fsp3) is 0.278. The highest BCUT2D eigenvalue weighted by Gasteiger charge is 2.12. The molecule has 0 unspecified atom stereocenters. The first kappa shape index (κ1) is 15.2. The molecule has 0 aliphatic carbocycles. The van der Waals surface area contributed by atoms with Crippen LogP contribution in [0, 0.1) is 0 Å². The lowest BCUT2D eigenvalue weighted by Gasteiger charge is -2.08. The standard InChI is InChI=1S/C18H20N2O3/c21-18(20-12-15-5-2-1-3-6-15)19-10-4-7-14-8-9-16-17(11-14)23-13-22-16/h1-3,5-6,8-9,11H,4,7,10,12-13H2,(H2,19,20,21). The quantitative estimate of drug-likeness (QED) is 0.806.